The molecular formula is C22H25ClN6O2. The van der Waals surface area contributed by atoms with Crippen molar-refractivity contribution in [1.29, 1.82) is 0 Å². The Morgan fingerprint density at radius 3 is 2.32 bits per heavy atom. The molecule has 1 aliphatic rings. The first-order valence-corrected chi connectivity index (χ1v) is 10.6. The van der Waals surface area contributed by atoms with Gasteiger partial charge in [0.15, 0.2) is 0 Å². The van der Waals surface area contributed by atoms with Gasteiger partial charge in [-0.2, -0.15) is 10.2 Å². The lowest BCUT2D eigenvalue weighted by atomic mass is 10.1. The molecule has 4 rings (SSSR count). The number of H-pyrrole nitrogens is 1. The highest BCUT2D eigenvalue weighted by Gasteiger charge is 2.26. The highest BCUT2D eigenvalue weighted by atomic mass is 35.5. The summed E-state index contributed by atoms with van der Waals surface area (Å²) in [5, 5.41) is 12.3. The van der Waals surface area contributed by atoms with E-state index in [2.05, 4.69) is 15.3 Å². The summed E-state index contributed by atoms with van der Waals surface area (Å²) in [6.07, 6.45) is 0.332. The number of rotatable bonds is 4. The molecule has 0 bridgehead atoms. The molecule has 162 valence electrons. The maximum absolute atomic E-state index is 12.9. The maximum atomic E-state index is 12.9. The van der Waals surface area contributed by atoms with Crippen molar-refractivity contribution in [2.45, 2.75) is 20.3 Å². The second kappa shape index (κ2) is 8.55. The van der Waals surface area contributed by atoms with E-state index in [-0.39, 0.29) is 11.8 Å². The molecule has 0 aliphatic carbocycles. The summed E-state index contributed by atoms with van der Waals surface area (Å²) in [4.78, 5) is 29.1. The first-order valence-electron chi connectivity index (χ1n) is 10.2. The Kier molecular flexibility index (Phi) is 5.82. The minimum Gasteiger partial charge on any atom is -0.339 e. The predicted octanol–water partition coefficient (Wildman–Crippen LogP) is 2.61. The Bertz CT molecular complexity index is 1110. The number of carbonyl (C=O) groups excluding carboxylic acids is 2. The van der Waals surface area contributed by atoms with Crippen molar-refractivity contribution >= 4 is 23.4 Å². The molecule has 1 aliphatic heterocycles. The summed E-state index contributed by atoms with van der Waals surface area (Å²) < 4.78 is 1.81. The zero-order chi connectivity index (χ0) is 22.1. The van der Waals surface area contributed by atoms with Gasteiger partial charge in [-0.1, -0.05) is 23.7 Å². The zero-order valence-corrected chi connectivity index (χ0v) is 18.6. The third kappa shape index (κ3) is 4.34. The van der Waals surface area contributed by atoms with Crippen LogP contribution in [0.1, 0.15) is 27.4 Å². The van der Waals surface area contributed by atoms with Gasteiger partial charge < -0.3 is 9.80 Å². The Morgan fingerprint density at radius 2 is 1.71 bits per heavy atom. The summed E-state index contributed by atoms with van der Waals surface area (Å²) in [5.41, 5.74) is 4.89. The van der Waals surface area contributed by atoms with Crippen LogP contribution in [0.25, 0.3) is 11.3 Å². The van der Waals surface area contributed by atoms with Crippen molar-refractivity contribution in [3.05, 3.63) is 58.0 Å². The smallest absolute Gasteiger partial charge is 0.272 e. The van der Waals surface area contributed by atoms with Crippen molar-refractivity contribution < 1.29 is 9.59 Å². The van der Waals surface area contributed by atoms with E-state index in [1.807, 2.05) is 33.0 Å². The van der Waals surface area contributed by atoms with Crippen molar-refractivity contribution in [2.24, 2.45) is 7.05 Å². The van der Waals surface area contributed by atoms with Gasteiger partial charge in [0.2, 0.25) is 5.91 Å². The van der Waals surface area contributed by atoms with Gasteiger partial charge in [-0.05, 0) is 37.6 Å². The van der Waals surface area contributed by atoms with E-state index in [4.69, 9.17) is 11.6 Å². The number of aromatic amines is 1. The molecule has 2 amide bonds. The largest absolute Gasteiger partial charge is 0.339 e. The number of nitrogens with zero attached hydrogens (tertiary/aromatic N) is 5. The predicted molar refractivity (Wildman–Crippen MR) is 118 cm³/mol. The molecule has 0 spiro atoms. The number of hydrogen-bond acceptors (Lipinski definition) is 4. The van der Waals surface area contributed by atoms with Crippen LogP contribution in [0.15, 0.2) is 30.3 Å². The molecule has 0 unspecified atom stereocenters. The monoisotopic (exact) mass is 440 g/mol. The summed E-state index contributed by atoms with van der Waals surface area (Å²) in [6, 6.07) is 9.07. The summed E-state index contributed by atoms with van der Waals surface area (Å²) in [6.45, 7) is 5.92. The fourth-order valence-electron chi connectivity index (χ4n) is 3.92. The molecule has 1 fully saturated rings. The van der Waals surface area contributed by atoms with Crippen LogP contribution in [0.5, 0.6) is 0 Å². The van der Waals surface area contributed by atoms with Crippen LogP contribution in [0.4, 0.5) is 0 Å². The van der Waals surface area contributed by atoms with Gasteiger partial charge in [0.05, 0.1) is 17.8 Å². The van der Waals surface area contributed by atoms with E-state index >= 15 is 0 Å². The van der Waals surface area contributed by atoms with E-state index < -0.39 is 0 Å². The van der Waals surface area contributed by atoms with Gasteiger partial charge in [0.25, 0.3) is 5.91 Å². The van der Waals surface area contributed by atoms with Crippen LogP contribution < -0.4 is 0 Å². The standard InChI is InChI=1S/C22H25ClN6O2/c1-14-21(15(2)27(3)26-14)18-13-19(25-24-18)22(31)29-10-8-28(9-11-29)20(30)12-16-4-6-17(23)7-5-16/h4-7,13H,8-12H2,1-3H3,(H,24,25). The third-order valence-corrected chi connectivity index (χ3v) is 6.01. The Hall–Kier alpha value is -3.13. The quantitative estimate of drug-likeness (QED) is 0.675. The number of carbonyl (C=O) groups is 2. The topological polar surface area (TPSA) is 87.1 Å². The lowest BCUT2D eigenvalue weighted by Gasteiger charge is -2.34. The normalized spacial score (nSPS) is 14.2. The van der Waals surface area contributed by atoms with E-state index in [1.165, 1.54) is 0 Å². The molecule has 9 heteroatoms. The van der Waals surface area contributed by atoms with Crippen LogP contribution in [0.2, 0.25) is 5.02 Å². The van der Waals surface area contributed by atoms with Gasteiger partial charge in [0.1, 0.15) is 5.69 Å². The summed E-state index contributed by atoms with van der Waals surface area (Å²) in [7, 11) is 1.89. The van der Waals surface area contributed by atoms with E-state index in [0.29, 0.717) is 49.0 Å². The molecule has 0 saturated carbocycles. The first-order chi connectivity index (χ1) is 14.8. The number of aryl methyl sites for hydroxylation is 2. The number of amides is 2. The Balaban J connectivity index is 1.37. The molecule has 3 heterocycles. The molecule has 0 atom stereocenters. The van der Waals surface area contributed by atoms with E-state index in [1.54, 1.807) is 32.7 Å². The van der Waals surface area contributed by atoms with Gasteiger partial charge >= 0.3 is 0 Å². The second-order valence-electron chi connectivity index (χ2n) is 7.81. The molecular weight excluding hydrogens is 416 g/mol. The Morgan fingerprint density at radius 1 is 1.06 bits per heavy atom. The van der Waals surface area contributed by atoms with E-state index in [9.17, 15) is 9.59 Å². The summed E-state index contributed by atoms with van der Waals surface area (Å²) >= 11 is 5.90. The number of halogens is 1. The van der Waals surface area contributed by atoms with Gasteiger partial charge in [-0.25, -0.2) is 0 Å². The van der Waals surface area contributed by atoms with Crippen LogP contribution in [0.3, 0.4) is 0 Å². The number of hydrogen-bond donors (Lipinski definition) is 1. The third-order valence-electron chi connectivity index (χ3n) is 5.76. The number of nitrogens with one attached hydrogen (secondary N) is 1. The van der Waals surface area contributed by atoms with E-state index in [0.717, 1.165) is 22.5 Å². The van der Waals surface area contributed by atoms with Crippen molar-refractivity contribution in [1.82, 2.24) is 29.8 Å². The van der Waals surface area contributed by atoms with Crippen LogP contribution in [0, 0.1) is 13.8 Å². The maximum Gasteiger partial charge on any atom is 0.272 e. The second-order valence-corrected chi connectivity index (χ2v) is 8.25. The fraction of sp³-hybridized carbons (Fsp3) is 0.364. The lowest BCUT2D eigenvalue weighted by Crippen LogP contribution is -2.51. The van der Waals surface area contributed by atoms with Crippen LogP contribution in [-0.4, -0.2) is 67.8 Å². The number of benzene rings is 1. The van der Waals surface area contributed by atoms with Crippen LogP contribution >= 0.6 is 11.6 Å². The van der Waals surface area contributed by atoms with Gasteiger partial charge in [-0.3, -0.25) is 19.4 Å². The number of aromatic nitrogens is 4. The number of piperazine rings is 1. The highest BCUT2D eigenvalue weighted by Crippen LogP contribution is 2.25. The molecule has 0 radical (unpaired) electrons. The molecule has 1 saturated heterocycles. The Labute approximate surface area is 185 Å². The van der Waals surface area contributed by atoms with Crippen molar-refractivity contribution in [3.8, 4) is 11.3 Å². The average molecular weight is 441 g/mol. The highest BCUT2D eigenvalue weighted by molar-refractivity contribution is 6.30. The minimum atomic E-state index is -0.109. The first kappa shape index (κ1) is 21.1. The molecule has 2 aromatic heterocycles. The SMILES string of the molecule is Cc1nn(C)c(C)c1-c1cc(C(=O)N2CCN(C(=O)Cc3ccc(Cl)cc3)CC2)[nH]n1. The lowest BCUT2D eigenvalue weighted by molar-refractivity contribution is -0.131. The minimum absolute atomic E-state index is 0.0563. The molecule has 31 heavy (non-hydrogen) atoms. The molecule has 3 aromatic rings. The van der Waals surface area contributed by atoms with Crippen LogP contribution in [-0.2, 0) is 18.3 Å². The van der Waals surface area contributed by atoms with Gasteiger partial charge in [-0.15, -0.1) is 0 Å². The van der Waals surface area contributed by atoms with Gasteiger partial charge in [0, 0.05) is 49.5 Å². The molecule has 1 aromatic carbocycles. The molecule has 8 nitrogen and oxygen atoms in total. The summed E-state index contributed by atoms with van der Waals surface area (Å²) in [5.74, 6) is -0.0523. The average Bonchev–Trinajstić information content (AvgIpc) is 3.33. The fourth-order valence-corrected chi connectivity index (χ4v) is 4.05. The molecule has 1 N–H and O–H groups in total. The van der Waals surface area contributed by atoms with Crippen molar-refractivity contribution in [2.75, 3.05) is 26.2 Å². The van der Waals surface area contributed by atoms with Crippen molar-refractivity contribution in [3.63, 3.8) is 0 Å². The zero-order valence-electron chi connectivity index (χ0n) is 17.9.